The van der Waals surface area contributed by atoms with Gasteiger partial charge in [-0.25, -0.2) is 0 Å². The first kappa shape index (κ1) is 27.9. The average Bonchev–Trinajstić information content (AvgIpc) is 2.60. The van der Waals surface area contributed by atoms with Gasteiger partial charge < -0.3 is 0 Å². The molecule has 0 saturated carbocycles. The van der Waals surface area contributed by atoms with E-state index in [-0.39, 0.29) is 5.56 Å². The zero-order valence-corrected chi connectivity index (χ0v) is 16.4. The van der Waals surface area contributed by atoms with Crippen molar-refractivity contribution in [3.05, 3.63) is 35.9 Å². The monoisotopic (exact) mass is 600 g/mol. The fraction of sp³-hybridized carbons (Fsp3) is 0.600. The van der Waals surface area contributed by atoms with Crippen molar-refractivity contribution < 1.29 is 65.9 Å². The highest BCUT2D eigenvalue weighted by Gasteiger charge is 2.93. The van der Waals surface area contributed by atoms with Gasteiger partial charge in [0.05, 0.1) is 0 Å². The summed E-state index contributed by atoms with van der Waals surface area (Å²) < 4.78 is 195. The van der Waals surface area contributed by atoms with Crippen molar-refractivity contribution in [3.8, 4) is 0 Å². The molecule has 1 aromatic rings. The molecule has 0 radical (unpaired) electrons. The highest BCUT2D eigenvalue weighted by atomic mass is 127. The van der Waals surface area contributed by atoms with Crippen LogP contribution in [-0.4, -0.2) is 41.7 Å². The van der Waals surface area contributed by atoms with Crippen LogP contribution in [0, 0.1) is 0 Å². The van der Waals surface area contributed by atoms with Crippen LogP contribution in [0.1, 0.15) is 15.9 Å². The van der Waals surface area contributed by atoms with Crippen molar-refractivity contribution in [1.82, 2.24) is 0 Å². The molecule has 180 valence electrons. The Kier molecular flexibility index (Phi) is 7.24. The van der Waals surface area contributed by atoms with Crippen LogP contribution in [0.2, 0.25) is 0 Å². The van der Waals surface area contributed by atoms with Gasteiger partial charge in [-0.1, -0.05) is 52.9 Å². The van der Waals surface area contributed by atoms with Gasteiger partial charge in [-0.05, 0) is 5.56 Å². The maximum absolute atomic E-state index is 13.9. The van der Waals surface area contributed by atoms with E-state index in [0.717, 1.165) is 34.7 Å². The Labute approximate surface area is 176 Å². The third kappa shape index (κ3) is 4.28. The molecule has 0 aromatic heterocycles. The van der Waals surface area contributed by atoms with Gasteiger partial charge in [-0.15, -0.1) is 0 Å². The Bertz CT molecular complexity index is 753. The van der Waals surface area contributed by atoms with Crippen LogP contribution >= 0.6 is 22.6 Å². The van der Waals surface area contributed by atoms with Gasteiger partial charge in [0.25, 0.3) is 0 Å². The smallest absolute Gasteiger partial charge is 0.200 e. The molecule has 1 atom stereocenters. The highest BCUT2D eigenvalue weighted by Crippen LogP contribution is 2.63. The third-order valence-corrected chi connectivity index (χ3v) is 5.15. The quantitative estimate of drug-likeness (QED) is 0.162. The van der Waals surface area contributed by atoms with Crippen molar-refractivity contribution >= 4 is 22.6 Å². The topological polar surface area (TPSA) is 0 Å². The summed E-state index contributed by atoms with van der Waals surface area (Å²) in [5.41, 5.74) is -0.220. The predicted octanol–water partition coefficient (Wildman–Crippen LogP) is 7.93. The number of benzene rings is 1. The Morgan fingerprint density at radius 3 is 1.29 bits per heavy atom. The Morgan fingerprint density at radius 2 is 0.903 bits per heavy atom. The molecule has 0 nitrogen and oxygen atoms in total. The van der Waals surface area contributed by atoms with Crippen LogP contribution in [0.25, 0.3) is 0 Å². The number of rotatable bonds is 8. The lowest BCUT2D eigenvalue weighted by molar-refractivity contribution is -0.452. The predicted molar refractivity (Wildman–Crippen MR) is 83.6 cm³/mol. The molecule has 31 heavy (non-hydrogen) atoms. The van der Waals surface area contributed by atoms with Crippen molar-refractivity contribution in [2.45, 2.75) is 52.1 Å². The Hall–Kier alpha value is -1.10. The Morgan fingerprint density at radius 1 is 0.548 bits per heavy atom. The summed E-state index contributed by atoms with van der Waals surface area (Å²) in [4.78, 5) is 0. The summed E-state index contributed by atoms with van der Waals surface area (Å²) in [7, 11) is 0. The molecule has 1 unspecified atom stereocenters. The second kappa shape index (κ2) is 8.04. The lowest BCUT2D eigenvalue weighted by Gasteiger charge is -2.41. The Balaban J connectivity index is 3.44. The molecule has 0 heterocycles. The molecule has 0 saturated heterocycles. The minimum atomic E-state index is -8.25. The maximum Gasteiger partial charge on any atom is 0.460 e. The van der Waals surface area contributed by atoms with Crippen LogP contribution < -0.4 is 0 Å². The van der Waals surface area contributed by atoms with Gasteiger partial charge in [0.15, 0.2) is 0 Å². The van der Waals surface area contributed by atoms with E-state index in [0.29, 0.717) is 0 Å². The van der Waals surface area contributed by atoms with Crippen LogP contribution in [0.4, 0.5) is 65.9 Å². The van der Waals surface area contributed by atoms with Gasteiger partial charge in [0.2, 0.25) is 0 Å². The molecule has 0 N–H and O–H groups in total. The number of alkyl halides is 16. The van der Waals surface area contributed by atoms with Gasteiger partial charge >= 0.3 is 41.7 Å². The largest absolute Gasteiger partial charge is 0.460 e. The zero-order chi connectivity index (χ0) is 24.9. The van der Waals surface area contributed by atoms with E-state index in [9.17, 15) is 65.9 Å². The standard InChI is InChI=1S/C15H8F15I/c16-9(17,6-8(31)7-4-2-1-3-5-7)10(18,19)11(20,21)12(22,23)13(24,25)14(26,27)15(28,29)30/h1-5,8H,6H2. The maximum atomic E-state index is 13.9. The van der Waals surface area contributed by atoms with Crippen LogP contribution in [0.5, 0.6) is 0 Å². The van der Waals surface area contributed by atoms with Gasteiger partial charge in [0.1, 0.15) is 0 Å². The van der Waals surface area contributed by atoms with E-state index in [1.54, 1.807) is 0 Å². The molecule has 1 aromatic carbocycles. The first-order valence-electron chi connectivity index (χ1n) is 7.51. The van der Waals surface area contributed by atoms with Crippen LogP contribution in [-0.2, 0) is 0 Å². The fourth-order valence-electron chi connectivity index (χ4n) is 2.13. The summed E-state index contributed by atoms with van der Waals surface area (Å²) in [5, 5.41) is 0. The first-order valence-corrected chi connectivity index (χ1v) is 8.76. The molecule has 0 fully saturated rings. The molecule has 0 aliphatic heterocycles. The lowest BCUT2D eigenvalue weighted by Crippen LogP contribution is -2.72. The van der Waals surface area contributed by atoms with Crippen molar-refractivity contribution in [1.29, 1.82) is 0 Å². The second-order valence-corrected chi connectivity index (χ2v) is 7.66. The van der Waals surface area contributed by atoms with Crippen LogP contribution in [0.3, 0.4) is 0 Å². The number of hydrogen-bond acceptors (Lipinski definition) is 0. The van der Waals surface area contributed by atoms with E-state index in [1.165, 1.54) is 18.2 Å². The molecule has 0 aliphatic rings. The summed E-state index contributed by atoms with van der Waals surface area (Å²) >= 11 is 0.999. The fourth-order valence-corrected chi connectivity index (χ4v) is 3.10. The van der Waals surface area contributed by atoms with Gasteiger partial charge in [-0.3, -0.25) is 0 Å². The van der Waals surface area contributed by atoms with Crippen molar-refractivity contribution in [3.63, 3.8) is 0 Å². The summed E-state index contributed by atoms with van der Waals surface area (Å²) in [6, 6.07) is 5.73. The van der Waals surface area contributed by atoms with E-state index in [1.807, 2.05) is 0 Å². The molecule has 0 bridgehead atoms. The second-order valence-electron chi connectivity index (χ2n) is 6.16. The summed E-state index contributed by atoms with van der Waals surface area (Å²) in [6.07, 6.45) is -9.98. The third-order valence-electron chi connectivity index (χ3n) is 3.99. The number of halogens is 16. The average molecular weight is 600 g/mol. The molecular formula is C15H8F15I. The first-order chi connectivity index (χ1) is 13.5. The van der Waals surface area contributed by atoms with E-state index < -0.39 is 52.1 Å². The summed E-state index contributed by atoms with van der Waals surface area (Å²) in [6.45, 7) is 0. The zero-order valence-electron chi connectivity index (χ0n) is 14.2. The van der Waals surface area contributed by atoms with Crippen molar-refractivity contribution in [2.75, 3.05) is 0 Å². The summed E-state index contributed by atoms with van der Waals surface area (Å²) in [5.74, 6) is -46.2. The van der Waals surface area contributed by atoms with Crippen LogP contribution in [0.15, 0.2) is 30.3 Å². The van der Waals surface area contributed by atoms with Crippen molar-refractivity contribution in [2.24, 2.45) is 0 Å². The SMILES string of the molecule is FC(F)(F)C(F)(F)C(F)(F)C(F)(F)C(F)(F)C(F)(F)C(F)(F)CC(I)c1ccccc1. The molecule has 0 spiro atoms. The van der Waals surface area contributed by atoms with Gasteiger partial charge in [-0.2, -0.15) is 65.9 Å². The van der Waals surface area contributed by atoms with E-state index in [4.69, 9.17) is 0 Å². The normalized spacial score (nSPS) is 16.4. The molecular weight excluding hydrogens is 592 g/mol. The highest BCUT2D eigenvalue weighted by molar-refractivity contribution is 14.1. The molecule has 1 rings (SSSR count). The van der Waals surface area contributed by atoms with Gasteiger partial charge in [0, 0.05) is 10.3 Å². The minimum Gasteiger partial charge on any atom is -0.200 e. The minimum absolute atomic E-state index is 0.220. The number of hydrogen-bond donors (Lipinski definition) is 0. The lowest BCUT2D eigenvalue weighted by atomic mass is 9.89. The molecule has 16 heteroatoms. The molecule has 0 amide bonds. The molecule has 0 aliphatic carbocycles. The van der Waals surface area contributed by atoms with E-state index in [2.05, 4.69) is 0 Å². The van der Waals surface area contributed by atoms with E-state index >= 15 is 0 Å².